The Morgan fingerprint density at radius 1 is 1.11 bits per heavy atom. The number of carbonyl (C=O) groups excluding carboxylic acids is 1. The van der Waals surface area contributed by atoms with Crippen molar-refractivity contribution in [1.82, 2.24) is 0 Å². The molecule has 0 rings (SSSR count). The molecule has 0 N–H and O–H groups in total. The molecule has 0 fully saturated rings. The topological polar surface area (TPSA) is 44.8 Å². The maximum Gasteiger partial charge on any atom is 0.500 e. The van der Waals surface area contributed by atoms with Crippen LogP contribution in [0, 0.1) is 5.92 Å². The average Bonchev–Trinajstić information content (AvgIpc) is 2.36. The number of ketones is 1. The summed E-state index contributed by atoms with van der Waals surface area (Å²) >= 11 is 0. The number of rotatable bonds is 11. The van der Waals surface area contributed by atoms with Gasteiger partial charge >= 0.3 is 8.80 Å². The highest BCUT2D eigenvalue weighted by Gasteiger charge is 2.40. The molecule has 0 aliphatic rings. The van der Waals surface area contributed by atoms with Crippen LogP contribution in [-0.4, -0.2) is 34.4 Å². The molecular formula is C14H28O4Si. The Labute approximate surface area is 118 Å². The van der Waals surface area contributed by atoms with Crippen molar-refractivity contribution in [2.45, 2.75) is 47.1 Å². The quantitative estimate of drug-likeness (QED) is 0.432. The van der Waals surface area contributed by atoms with E-state index < -0.39 is 8.80 Å². The molecule has 0 spiro atoms. The minimum Gasteiger partial charge on any atom is -0.374 e. The van der Waals surface area contributed by atoms with Crippen LogP contribution in [0.2, 0.25) is 6.04 Å². The monoisotopic (exact) mass is 288 g/mol. The molecule has 0 aliphatic heterocycles. The van der Waals surface area contributed by atoms with E-state index >= 15 is 0 Å². The van der Waals surface area contributed by atoms with Gasteiger partial charge in [-0.3, -0.25) is 4.79 Å². The van der Waals surface area contributed by atoms with Gasteiger partial charge in [0.25, 0.3) is 0 Å². The molecule has 0 aromatic rings. The van der Waals surface area contributed by atoms with Crippen LogP contribution in [0.4, 0.5) is 0 Å². The largest absolute Gasteiger partial charge is 0.500 e. The summed E-state index contributed by atoms with van der Waals surface area (Å²) in [5, 5.41) is 0. The van der Waals surface area contributed by atoms with E-state index in [4.69, 9.17) is 13.3 Å². The van der Waals surface area contributed by atoms with E-state index in [1.54, 1.807) is 6.92 Å². The van der Waals surface area contributed by atoms with Gasteiger partial charge in [-0.2, -0.15) is 0 Å². The Balaban J connectivity index is 4.62. The molecule has 1 atom stereocenters. The molecule has 0 aromatic heterocycles. The number of carbonyl (C=O) groups is 1. The van der Waals surface area contributed by atoms with Crippen molar-refractivity contribution in [2.75, 3.05) is 19.8 Å². The first-order chi connectivity index (χ1) is 8.92. The molecule has 0 amide bonds. The highest BCUT2D eigenvalue weighted by Crippen LogP contribution is 2.22. The van der Waals surface area contributed by atoms with Crippen LogP contribution in [0.25, 0.3) is 0 Å². The zero-order chi connectivity index (χ0) is 14.9. The van der Waals surface area contributed by atoms with Crippen molar-refractivity contribution in [3.05, 3.63) is 12.2 Å². The molecule has 4 nitrogen and oxygen atoms in total. The lowest BCUT2D eigenvalue weighted by Gasteiger charge is -2.29. The lowest BCUT2D eigenvalue weighted by molar-refractivity contribution is -0.118. The van der Waals surface area contributed by atoms with Crippen LogP contribution in [0.1, 0.15) is 41.0 Å². The molecule has 0 saturated heterocycles. The van der Waals surface area contributed by atoms with Crippen molar-refractivity contribution in [2.24, 2.45) is 5.92 Å². The number of hydrogen-bond acceptors (Lipinski definition) is 4. The molecule has 0 aromatic carbocycles. The van der Waals surface area contributed by atoms with Gasteiger partial charge in [-0.1, -0.05) is 13.5 Å². The molecular weight excluding hydrogens is 260 g/mol. The van der Waals surface area contributed by atoms with E-state index in [0.29, 0.717) is 37.9 Å². The first-order valence-electron chi connectivity index (χ1n) is 7.04. The molecule has 1 unspecified atom stereocenters. The molecule has 0 heterocycles. The van der Waals surface area contributed by atoms with Crippen molar-refractivity contribution in [1.29, 1.82) is 0 Å². The summed E-state index contributed by atoms with van der Waals surface area (Å²) in [4.78, 5) is 11.8. The number of hydrogen-bond donors (Lipinski definition) is 0. The van der Waals surface area contributed by atoms with Gasteiger partial charge < -0.3 is 13.3 Å². The maximum absolute atomic E-state index is 11.8. The number of Topliss-reactive ketones (excluding diaryl/α,β-unsaturated/α-hetero) is 1. The minimum atomic E-state index is -2.62. The summed E-state index contributed by atoms with van der Waals surface area (Å²) < 4.78 is 17.3. The molecule has 0 aliphatic carbocycles. The minimum absolute atomic E-state index is 0.0641. The van der Waals surface area contributed by atoms with E-state index in [2.05, 4.69) is 6.58 Å². The Bertz CT molecular complexity index is 274. The first kappa shape index (κ1) is 18.5. The second kappa shape index (κ2) is 9.42. The summed E-state index contributed by atoms with van der Waals surface area (Å²) in [7, 11) is -2.62. The third-order valence-electron chi connectivity index (χ3n) is 2.84. The van der Waals surface area contributed by atoms with E-state index in [-0.39, 0.29) is 11.7 Å². The standard InChI is InChI=1S/C14H28O4Si/c1-7-16-19(17-8-2,18-9-3)11-10-13(6)14(15)12(4)5/h13H,4,7-11H2,1-3,5-6H3. The lowest BCUT2D eigenvalue weighted by Crippen LogP contribution is -2.46. The van der Waals surface area contributed by atoms with Gasteiger partial charge in [0.2, 0.25) is 0 Å². The van der Waals surface area contributed by atoms with Crippen LogP contribution < -0.4 is 0 Å². The maximum atomic E-state index is 11.8. The van der Waals surface area contributed by atoms with Gasteiger partial charge in [0.15, 0.2) is 5.78 Å². The molecule has 112 valence electrons. The van der Waals surface area contributed by atoms with Crippen LogP contribution in [0.15, 0.2) is 12.2 Å². The van der Waals surface area contributed by atoms with E-state index in [9.17, 15) is 4.79 Å². The van der Waals surface area contributed by atoms with Crippen LogP contribution in [-0.2, 0) is 18.1 Å². The van der Waals surface area contributed by atoms with Gasteiger partial charge in [-0.15, -0.1) is 0 Å². The predicted octanol–water partition coefficient (Wildman–Crippen LogP) is 3.21. The van der Waals surface area contributed by atoms with Crippen molar-refractivity contribution < 1.29 is 18.1 Å². The Hall–Kier alpha value is -0.493. The SMILES string of the molecule is C=C(C)C(=O)C(C)CC[Si](OCC)(OCC)OCC. The van der Waals surface area contributed by atoms with Gasteiger partial charge in [0, 0.05) is 31.8 Å². The molecule has 0 saturated carbocycles. The third kappa shape index (κ3) is 6.47. The fourth-order valence-corrected chi connectivity index (χ4v) is 4.74. The van der Waals surface area contributed by atoms with Crippen molar-refractivity contribution in [3.63, 3.8) is 0 Å². The summed E-state index contributed by atoms with van der Waals surface area (Å²) in [5.41, 5.74) is 0.601. The normalized spacial score (nSPS) is 13.3. The van der Waals surface area contributed by atoms with E-state index in [1.807, 2.05) is 27.7 Å². The second-order valence-electron chi connectivity index (χ2n) is 4.57. The molecule has 0 radical (unpaired) electrons. The van der Waals surface area contributed by atoms with Gasteiger partial charge in [0.1, 0.15) is 0 Å². The van der Waals surface area contributed by atoms with Gasteiger partial charge in [0.05, 0.1) is 0 Å². The fourth-order valence-electron chi connectivity index (χ4n) is 1.95. The number of allylic oxidation sites excluding steroid dienone is 1. The van der Waals surface area contributed by atoms with Crippen LogP contribution in [0.5, 0.6) is 0 Å². The van der Waals surface area contributed by atoms with Crippen molar-refractivity contribution in [3.8, 4) is 0 Å². The zero-order valence-electron chi connectivity index (χ0n) is 13.0. The van der Waals surface area contributed by atoms with Crippen molar-refractivity contribution >= 4 is 14.6 Å². The Morgan fingerprint density at radius 3 is 1.84 bits per heavy atom. The highest BCUT2D eigenvalue weighted by atomic mass is 28.4. The molecule has 19 heavy (non-hydrogen) atoms. The summed E-state index contributed by atoms with van der Waals surface area (Å²) in [6.45, 7) is 14.9. The van der Waals surface area contributed by atoms with Gasteiger partial charge in [-0.25, -0.2) is 0 Å². The Morgan fingerprint density at radius 2 is 1.53 bits per heavy atom. The van der Waals surface area contributed by atoms with Crippen LogP contribution in [0.3, 0.4) is 0 Å². The van der Waals surface area contributed by atoms with E-state index in [0.717, 1.165) is 0 Å². The Kier molecular flexibility index (Phi) is 9.17. The molecule has 5 heteroatoms. The van der Waals surface area contributed by atoms with Gasteiger partial charge in [-0.05, 0) is 39.7 Å². The highest BCUT2D eigenvalue weighted by molar-refractivity contribution is 6.60. The summed E-state index contributed by atoms with van der Waals surface area (Å²) in [6, 6.07) is 0.669. The predicted molar refractivity (Wildman–Crippen MR) is 79.0 cm³/mol. The van der Waals surface area contributed by atoms with Crippen LogP contribution >= 0.6 is 0 Å². The summed E-state index contributed by atoms with van der Waals surface area (Å²) in [5.74, 6) is 0.0399. The second-order valence-corrected chi connectivity index (χ2v) is 7.30. The summed E-state index contributed by atoms with van der Waals surface area (Å²) in [6.07, 6.45) is 0.706. The molecule has 0 bridgehead atoms. The average molecular weight is 288 g/mol. The van der Waals surface area contributed by atoms with E-state index in [1.165, 1.54) is 0 Å². The lowest BCUT2D eigenvalue weighted by atomic mass is 9.99. The fraction of sp³-hybridized carbons (Fsp3) is 0.786. The third-order valence-corrected chi connectivity index (χ3v) is 5.93. The first-order valence-corrected chi connectivity index (χ1v) is 8.97. The smallest absolute Gasteiger partial charge is 0.374 e. The zero-order valence-corrected chi connectivity index (χ0v) is 14.0.